The van der Waals surface area contributed by atoms with Crippen LogP contribution in [-0.4, -0.2) is 57.1 Å². The van der Waals surface area contributed by atoms with Crippen LogP contribution in [-0.2, 0) is 25.6 Å². The van der Waals surface area contributed by atoms with Crippen LogP contribution in [0.5, 0.6) is 0 Å². The maximum absolute atomic E-state index is 12.2. The van der Waals surface area contributed by atoms with Crippen molar-refractivity contribution < 1.29 is 29.4 Å². The fourth-order valence-corrected chi connectivity index (χ4v) is 2.82. The van der Waals surface area contributed by atoms with Gasteiger partial charge < -0.3 is 31.6 Å². The topological polar surface area (TPSA) is 175 Å². The quantitative estimate of drug-likeness (QED) is 0.322. The summed E-state index contributed by atoms with van der Waals surface area (Å²) in [6.07, 6.45) is 1.29. The van der Waals surface area contributed by atoms with Gasteiger partial charge >= 0.3 is 11.9 Å². The highest BCUT2D eigenvalue weighted by Gasteiger charge is 2.25. The van der Waals surface area contributed by atoms with E-state index in [0.29, 0.717) is 0 Å². The molecule has 156 valence electrons. The number of aliphatic carboxylic acids is 2. The minimum atomic E-state index is -1.31. The molecule has 3 atom stereocenters. The van der Waals surface area contributed by atoms with E-state index in [1.54, 1.807) is 6.20 Å². The van der Waals surface area contributed by atoms with Crippen molar-refractivity contribution in [2.75, 3.05) is 0 Å². The Morgan fingerprint density at radius 2 is 1.72 bits per heavy atom. The van der Waals surface area contributed by atoms with E-state index in [9.17, 15) is 29.4 Å². The summed E-state index contributed by atoms with van der Waals surface area (Å²) in [7, 11) is 0. The molecule has 10 nitrogen and oxygen atoms in total. The van der Waals surface area contributed by atoms with E-state index in [1.165, 1.54) is 6.92 Å². The third-order valence-corrected chi connectivity index (χ3v) is 4.42. The molecule has 2 amide bonds. The first kappa shape index (κ1) is 21.9. The highest BCUT2D eigenvalue weighted by molar-refractivity contribution is 5.88. The number of aromatic nitrogens is 1. The number of carboxylic acids is 2. The van der Waals surface area contributed by atoms with Gasteiger partial charge in [0.1, 0.15) is 12.1 Å². The number of hydrogen-bond acceptors (Lipinski definition) is 5. The number of nitrogens with one attached hydrogen (secondary N) is 3. The molecule has 0 bridgehead atoms. The lowest BCUT2D eigenvalue weighted by atomic mass is 10.0. The summed E-state index contributed by atoms with van der Waals surface area (Å²) in [5.74, 6) is -3.79. The van der Waals surface area contributed by atoms with Crippen LogP contribution < -0.4 is 16.4 Å². The van der Waals surface area contributed by atoms with Gasteiger partial charge in [-0.25, -0.2) is 9.59 Å². The lowest BCUT2D eigenvalue weighted by molar-refractivity contribution is -0.143. The lowest BCUT2D eigenvalue weighted by Gasteiger charge is -2.17. The summed E-state index contributed by atoms with van der Waals surface area (Å²) in [5, 5.41) is 24.1. The Morgan fingerprint density at radius 1 is 1.07 bits per heavy atom. The van der Waals surface area contributed by atoms with Gasteiger partial charge in [-0.2, -0.15) is 0 Å². The van der Waals surface area contributed by atoms with Gasteiger partial charge in [0, 0.05) is 29.9 Å². The van der Waals surface area contributed by atoms with Crippen LogP contribution in [0, 0.1) is 0 Å². The molecule has 0 aliphatic heterocycles. The highest BCUT2D eigenvalue weighted by Crippen LogP contribution is 2.19. The van der Waals surface area contributed by atoms with E-state index < -0.39 is 41.9 Å². The Labute approximate surface area is 166 Å². The van der Waals surface area contributed by atoms with Gasteiger partial charge in [0.25, 0.3) is 0 Å². The molecule has 7 N–H and O–H groups in total. The van der Waals surface area contributed by atoms with Crippen LogP contribution in [0.2, 0.25) is 0 Å². The minimum absolute atomic E-state index is 0.0644. The van der Waals surface area contributed by atoms with Crippen LogP contribution in [0.1, 0.15) is 25.3 Å². The van der Waals surface area contributed by atoms with Gasteiger partial charge in [-0.05, 0) is 25.0 Å². The normalized spacial score (nSPS) is 14.0. The monoisotopic (exact) mass is 404 g/mol. The van der Waals surface area contributed by atoms with Crippen molar-refractivity contribution in [2.45, 2.75) is 44.3 Å². The zero-order valence-electron chi connectivity index (χ0n) is 15.8. The molecule has 0 radical (unpaired) electrons. The number of hydrogen-bond donors (Lipinski definition) is 6. The van der Waals surface area contributed by atoms with Crippen molar-refractivity contribution in [1.82, 2.24) is 15.6 Å². The van der Waals surface area contributed by atoms with E-state index in [2.05, 4.69) is 15.6 Å². The Morgan fingerprint density at radius 3 is 2.34 bits per heavy atom. The Bertz CT molecular complexity index is 907. The zero-order valence-corrected chi connectivity index (χ0v) is 15.8. The van der Waals surface area contributed by atoms with Crippen LogP contribution in [0.15, 0.2) is 30.5 Å². The third-order valence-electron chi connectivity index (χ3n) is 4.42. The molecule has 1 heterocycles. The first-order valence-corrected chi connectivity index (χ1v) is 9.05. The second-order valence-corrected chi connectivity index (χ2v) is 6.75. The molecule has 0 saturated heterocycles. The average molecular weight is 404 g/mol. The summed E-state index contributed by atoms with van der Waals surface area (Å²) in [4.78, 5) is 49.6. The molecular weight excluding hydrogens is 380 g/mol. The van der Waals surface area contributed by atoms with Gasteiger partial charge in [0.05, 0.1) is 6.04 Å². The molecule has 2 rings (SSSR count). The van der Waals surface area contributed by atoms with Gasteiger partial charge in [-0.1, -0.05) is 18.2 Å². The molecule has 0 aliphatic rings. The number of carboxylic acid groups (broad SMARTS) is 2. The number of amides is 2. The number of rotatable bonds is 10. The largest absolute Gasteiger partial charge is 0.480 e. The van der Waals surface area contributed by atoms with Crippen LogP contribution in [0.4, 0.5) is 0 Å². The van der Waals surface area contributed by atoms with E-state index in [1.807, 2.05) is 24.3 Å². The van der Waals surface area contributed by atoms with Crippen molar-refractivity contribution in [3.05, 3.63) is 36.0 Å². The molecular formula is C19H24N4O6. The Hall–Kier alpha value is -3.40. The van der Waals surface area contributed by atoms with Crippen LogP contribution in [0.3, 0.4) is 0 Å². The average Bonchev–Trinajstić information content (AvgIpc) is 3.07. The summed E-state index contributed by atoms with van der Waals surface area (Å²) in [5.41, 5.74) is 6.98. The number of para-hydroxylation sites is 1. The van der Waals surface area contributed by atoms with Gasteiger partial charge in [0.15, 0.2) is 0 Å². The molecule has 2 aromatic rings. The predicted octanol–water partition coefficient (Wildman–Crippen LogP) is -0.0234. The first-order chi connectivity index (χ1) is 13.7. The Balaban J connectivity index is 1.97. The highest BCUT2D eigenvalue weighted by atomic mass is 16.4. The molecule has 1 aromatic carbocycles. The van der Waals surface area contributed by atoms with Crippen molar-refractivity contribution in [3.63, 3.8) is 0 Å². The summed E-state index contributed by atoms with van der Waals surface area (Å²) in [6.45, 7) is 1.41. The molecule has 10 heteroatoms. The summed E-state index contributed by atoms with van der Waals surface area (Å²) < 4.78 is 0. The minimum Gasteiger partial charge on any atom is -0.480 e. The smallest absolute Gasteiger partial charge is 0.326 e. The van der Waals surface area contributed by atoms with E-state index in [-0.39, 0.29) is 19.3 Å². The van der Waals surface area contributed by atoms with E-state index >= 15 is 0 Å². The van der Waals surface area contributed by atoms with Gasteiger partial charge in [0.2, 0.25) is 11.8 Å². The number of fused-ring (bicyclic) bond motifs is 1. The van der Waals surface area contributed by atoms with E-state index in [4.69, 9.17) is 5.73 Å². The second-order valence-electron chi connectivity index (χ2n) is 6.75. The predicted molar refractivity (Wildman–Crippen MR) is 104 cm³/mol. The first-order valence-electron chi connectivity index (χ1n) is 9.05. The molecule has 1 aromatic heterocycles. The SMILES string of the molecule is C[C@@H](N)C(=O)N[C@H](CCC(=O)N[C@H](Cc1c[nH]c2ccccc12)C(=O)O)C(=O)O. The summed E-state index contributed by atoms with van der Waals surface area (Å²) in [6, 6.07) is 4.02. The zero-order chi connectivity index (χ0) is 21.6. The maximum atomic E-state index is 12.2. The van der Waals surface area contributed by atoms with Crippen molar-refractivity contribution >= 4 is 34.7 Å². The number of aromatic amines is 1. The lowest BCUT2D eigenvalue weighted by Crippen LogP contribution is -2.48. The number of nitrogens with two attached hydrogens (primary N) is 1. The molecule has 29 heavy (non-hydrogen) atoms. The van der Waals surface area contributed by atoms with Crippen molar-refractivity contribution in [2.24, 2.45) is 5.73 Å². The van der Waals surface area contributed by atoms with E-state index in [0.717, 1.165) is 16.5 Å². The molecule has 0 aliphatic carbocycles. The third kappa shape index (κ3) is 6.04. The molecule has 0 spiro atoms. The molecule has 0 unspecified atom stereocenters. The summed E-state index contributed by atoms with van der Waals surface area (Å²) >= 11 is 0. The van der Waals surface area contributed by atoms with Crippen LogP contribution >= 0.6 is 0 Å². The Kier molecular flexibility index (Phi) is 7.32. The van der Waals surface area contributed by atoms with Crippen molar-refractivity contribution in [3.8, 4) is 0 Å². The second kappa shape index (κ2) is 9.69. The maximum Gasteiger partial charge on any atom is 0.326 e. The fraction of sp³-hybridized carbons (Fsp3) is 0.368. The molecule has 0 saturated carbocycles. The van der Waals surface area contributed by atoms with Crippen LogP contribution in [0.25, 0.3) is 10.9 Å². The number of H-pyrrole nitrogens is 1. The standard InChI is InChI=1S/C19H24N4O6/c1-10(20)17(25)23-14(18(26)27)6-7-16(24)22-15(19(28)29)8-11-9-21-13-5-3-2-4-12(11)13/h2-5,9-10,14-15,21H,6-8,20H2,1H3,(H,22,24)(H,23,25)(H,26,27)(H,28,29)/t10-,14-,15-/m1/s1. The van der Waals surface area contributed by atoms with Crippen molar-refractivity contribution in [1.29, 1.82) is 0 Å². The number of carbonyl (C=O) groups is 4. The van der Waals surface area contributed by atoms with Gasteiger partial charge in [-0.3, -0.25) is 9.59 Å². The number of benzene rings is 1. The van der Waals surface area contributed by atoms with Gasteiger partial charge in [-0.15, -0.1) is 0 Å². The fourth-order valence-electron chi connectivity index (χ4n) is 2.82. The number of carbonyl (C=O) groups excluding carboxylic acids is 2. The molecule has 0 fully saturated rings.